The highest BCUT2D eigenvalue weighted by atomic mass is 16.5. The molecule has 0 aromatic carbocycles. The third-order valence-electron chi connectivity index (χ3n) is 2.37. The van der Waals surface area contributed by atoms with E-state index in [-0.39, 0.29) is 0 Å². The second-order valence-electron chi connectivity index (χ2n) is 3.66. The van der Waals surface area contributed by atoms with E-state index in [0.717, 1.165) is 26.2 Å². The molecule has 1 aliphatic heterocycles. The van der Waals surface area contributed by atoms with Crippen molar-refractivity contribution in [2.45, 2.75) is 26.0 Å². The van der Waals surface area contributed by atoms with E-state index < -0.39 is 0 Å². The van der Waals surface area contributed by atoms with Crippen LogP contribution < -0.4 is 5.32 Å². The van der Waals surface area contributed by atoms with E-state index in [4.69, 9.17) is 4.74 Å². The predicted molar refractivity (Wildman–Crippen MR) is 50.4 cm³/mol. The van der Waals surface area contributed by atoms with E-state index in [1.165, 1.54) is 0 Å². The van der Waals surface area contributed by atoms with Gasteiger partial charge in [0.2, 0.25) is 0 Å². The number of ether oxygens (including phenoxy) is 1. The number of methoxy groups -OCH3 is 1. The van der Waals surface area contributed by atoms with Crippen LogP contribution in [0.2, 0.25) is 0 Å². The first kappa shape index (κ1) is 9.96. The molecule has 1 heterocycles. The Hall–Kier alpha value is -0.120. The van der Waals surface area contributed by atoms with Crippen LogP contribution >= 0.6 is 0 Å². The molecule has 1 rings (SSSR count). The summed E-state index contributed by atoms with van der Waals surface area (Å²) in [5, 5.41) is 3.42. The Morgan fingerprint density at radius 1 is 1.67 bits per heavy atom. The lowest BCUT2D eigenvalue weighted by atomic mass is 10.2. The molecule has 0 amide bonds. The van der Waals surface area contributed by atoms with E-state index in [2.05, 4.69) is 24.1 Å². The van der Waals surface area contributed by atoms with E-state index in [1.54, 1.807) is 7.11 Å². The minimum absolute atomic E-state index is 0.357. The van der Waals surface area contributed by atoms with E-state index in [0.29, 0.717) is 12.1 Å². The standard InChI is InChI=1S/C9H20N2O/c1-8-6-11(5-4-10-8)7-9(2)12-3/h8-10H,4-7H2,1-3H3/t8-,9?/m0/s1. The zero-order chi connectivity index (χ0) is 8.97. The van der Waals surface area contributed by atoms with Crippen LogP contribution in [0.25, 0.3) is 0 Å². The molecule has 0 saturated carbocycles. The van der Waals surface area contributed by atoms with E-state index in [1.807, 2.05) is 0 Å². The van der Waals surface area contributed by atoms with Crippen LogP contribution in [0.5, 0.6) is 0 Å². The quantitative estimate of drug-likeness (QED) is 0.663. The van der Waals surface area contributed by atoms with Crippen molar-refractivity contribution in [1.29, 1.82) is 0 Å². The Bertz CT molecular complexity index is 130. The Kier molecular flexibility index (Phi) is 3.98. The maximum atomic E-state index is 5.23. The lowest BCUT2D eigenvalue weighted by Gasteiger charge is -2.33. The third-order valence-corrected chi connectivity index (χ3v) is 2.37. The van der Waals surface area contributed by atoms with Crippen LogP contribution in [0, 0.1) is 0 Å². The highest BCUT2D eigenvalue weighted by Gasteiger charge is 2.16. The van der Waals surface area contributed by atoms with Crippen molar-refractivity contribution in [2.75, 3.05) is 33.3 Å². The molecule has 1 saturated heterocycles. The number of hydrogen-bond donors (Lipinski definition) is 1. The van der Waals surface area contributed by atoms with Gasteiger partial charge in [-0.15, -0.1) is 0 Å². The molecule has 0 aromatic heterocycles. The molecule has 3 nitrogen and oxygen atoms in total. The molecule has 1 aliphatic rings. The molecule has 2 atom stereocenters. The first-order valence-corrected chi connectivity index (χ1v) is 4.71. The molecule has 3 heteroatoms. The number of rotatable bonds is 3. The number of nitrogens with one attached hydrogen (secondary N) is 1. The molecule has 0 bridgehead atoms. The molecule has 0 spiro atoms. The molecular weight excluding hydrogens is 152 g/mol. The Morgan fingerprint density at radius 3 is 3.00 bits per heavy atom. The van der Waals surface area contributed by atoms with Crippen molar-refractivity contribution in [3.63, 3.8) is 0 Å². The average Bonchev–Trinajstić information content (AvgIpc) is 2.04. The Balaban J connectivity index is 2.22. The molecule has 0 aliphatic carbocycles. The summed E-state index contributed by atoms with van der Waals surface area (Å²) in [6, 6.07) is 0.628. The largest absolute Gasteiger partial charge is 0.380 e. The summed E-state index contributed by atoms with van der Waals surface area (Å²) in [6.45, 7) is 8.81. The van der Waals surface area contributed by atoms with Crippen molar-refractivity contribution in [2.24, 2.45) is 0 Å². The summed E-state index contributed by atoms with van der Waals surface area (Å²) in [5.41, 5.74) is 0. The Morgan fingerprint density at radius 2 is 2.42 bits per heavy atom. The van der Waals surface area contributed by atoms with Gasteiger partial charge in [-0.1, -0.05) is 0 Å². The summed E-state index contributed by atoms with van der Waals surface area (Å²) in [5.74, 6) is 0. The lowest BCUT2D eigenvalue weighted by molar-refractivity contribution is 0.0669. The minimum Gasteiger partial charge on any atom is -0.380 e. The topological polar surface area (TPSA) is 24.5 Å². The van der Waals surface area contributed by atoms with Crippen LogP contribution in [0.15, 0.2) is 0 Å². The van der Waals surface area contributed by atoms with Crippen LogP contribution in [0.1, 0.15) is 13.8 Å². The first-order chi connectivity index (χ1) is 5.72. The van der Waals surface area contributed by atoms with Crippen LogP contribution in [0.4, 0.5) is 0 Å². The van der Waals surface area contributed by atoms with Crippen LogP contribution in [0.3, 0.4) is 0 Å². The average molecular weight is 172 g/mol. The van der Waals surface area contributed by atoms with Crippen molar-refractivity contribution >= 4 is 0 Å². The molecule has 72 valence electrons. The fourth-order valence-corrected chi connectivity index (χ4v) is 1.62. The van der Waals surface area contributed by atoms with Gasteiger partial charge in [-0.2, -0.15) is 0 Å². The number of nitrogens with zero attached hydrogens (tertiary/aromatic N) is 1. The summed E-state index contributed by atoms with van der Waals surface area (Å²) in [6.07, 6.45) is 0.357. The maximum absolute atomic E-state index is 5.23. The molecule has 12 heavy (non-hydrogen) atoms. The van der Waals surface area contributed by atoms with Gasteiger partial charge in [-0.05, 0) is 13.8 Å². The van der Waals surface area contributed by atoms with E-state index in [9.17, 15) is 0 Å². The maximum Gasteiger partial charge on any atom is 0.0670 e. The van der Waals surface area contributed by atoms with Crippen LogP contribution in [-0.2, 0) is 4.74 Å². The fourth-order valence-electron chi connectivity index (χ4n) is 1.62. The lowest BCUT2D eigenvalue weighted by Crippen LogP contribution is -2.50. The normalized spacial score (nSPS) is 28.8. The molecule has 1 fully saturated rings. The van der Waals surface area contributed by atoms with Crippen molar-refractivity contribution in [1.82, 2.24) is 10.2 Å². The van der Waals surface area contributed by atoms with Gasteiger partial charge < -0.3 is 10.1 Å². The second-order valence-corrected chi connectivity index (χ2v) is 3.66. The van der Waals surface area contributed by atoms with Gasteiger partial charge in [0, 0.05) is 39.3 Å². The van der Waals surface area contributed by atoms with Crippen molar-refractivity contribution in [3.05, 3.63) is 0 Å². The zero-order valence-electron chi connectivity index (χ0n) is 8.34. The van der Waals surface area contributed by atoms with Gasteiger partial charge in [0.15, 0.2) is 0 Å². The highest BCUT2D eigenvalue weighted by Crippen LogP contribution is 2.00. The van der Waals surface area contributed by atoms with Crippen molar-refractivity contribution < 1.29 is 4.74 Å². The highest BCUT2D eigenvalue weighted by molar-refractivity contribution is 4.75. The zero-order valence-corrected chi connectivity index (χ0v) is 8.34. The third kappa shape index (κ3) is 3.09. The molecular formula is C9H20N2O. The number of hydrogen-bond acceptors (Lipinski definition) is 3. The molecule has 1 N–H and O–H groups in total. The molecule has 0 radical (unpaired) electrons. The molecule has 1 unspecified atom stereocenters. The fraction of sp³-hybridized carbons (Fsp3) is 1.00. The van der Waals surface area contributed by atoms with Gasteiger partial charge in [0.1, 0.15) is 0 Å². The van der Waals surface area contributed by atoms with Gasteiger partial charge >= 0.3 is 0 Å². The smallest absolute Gasteiger partial charge is 0.0670 e. The van der Waals surface area contributed by atoms with Gasteiger partial charge in [-0.3, -0.25) is 4.90 Å². The second kappa shape index (κ2) is 4.80. The van der Waals surface area contributed by atoms with Crippen molar-refractivity contribution in [3.8, 4) is 0 Å². The summed E-state index contributed by atoms with van der Waals surface area (Å²) >= 11 is 0. The monoisotopic (exact) mass is 172 g/mol. The Labute approximate surface area is 75.1 Å². The van der Waals surface area contributed by atoms with Crippen LogP contribution in [-0.4, -0.2) is 50.3 Å². The van der Waals surface area contributed by atoms with Gasteiger partial charge in [0.05, 0.1) is 6.10 Å². The summed E-state index contributed by atoms with van der Waals surface area (Å²) in [7, 11) is 1.77. The van der Waals surface area contributed by atoms with E-state index >= 15 is 0 Å². The minimum atomic E-state index is 0.357. The first-order valence-electron chi connectivity index (χ1n) is 4.71. The van der Waals surface area contributed by atoms with Gasteiger partial charge in [-0.25, -0.2) is 0 Å². The summed E-state index contributed by atoms with van der Waals surface area (Å²) < 4.78 is 5.23. The van der Waals surface area contributed by atoms with Gasteiger partial charge in [0.25, 0.3) is 0 Å². The number of piperazine rings is 1. The SMILES string of the molecule is COC(C)CN1CCN[C@@H](C)C1. The molecule has 0 aromatic rings. The summed E-state index contributed by atoms with van der Waals surface area (Å²) in [4.78, 5) is 2.45. The predicted octanol–water partition coefficient (Wildman–Crippen LogP) is 0.315.